The highest BCUT2D eigenvalue weighted by Gasteiger charge is 2.13. The molecule has 0 saturated carbocycles. The molecule has 0 unspecified atom stereocenters. The standard InChI is InChI=1S/C20H20N4O3/c1-4-11-24-20(26)17-8-6-5-7-16(17)18(22-24)12-21-19(25)10-9-15-13(2)23-27-14(15)3/h1,5-8H,9-12H2,2-3H3,(H,21,25). The number of nitrogens with zero attached hydrogens (tertiary/aromatic N) is 3. The van der Waals surface area contributed by atoms with Crippen molar-refractivity contribution in [1.29, 1.82) is 0 Å². The first-order valence-corrected chi connectivity index (χ1v) is 8.62. The van der Waals surface area contributed by atoms with Gasteiger partial charge in [-0.25, -0.2) is 4.68 Å². The van der Waals surface area contributed by atoms with Gasteiger partial charge in [-0.05, 0) is 26.3 Å². The van der Waals surface area contributed by atoms with Gasteiger partial charge in [0, 0.05) is 17.4 Å². The topological polar surface area (TPSA) is 90.0 Å². The van der Waals surface area contributed by atoms with Crippen LogP contribution < -0.4 is 10.9 Å². The van der Waals surface area contributed by atoms with Gasteiger partial charge in [0.25, 0.3) is 5.56 Å². The molecule has 0 spiro atoms. The average molecular weight is 364 g/mol. The Bertz CT molecular complexity index is 1070. The van der Waals surface area contributed by atoms with Crippen molar-refractivity contribution in [3.8, 4) is 12.3 Å². The summed E-state index contributed by atoms with van der Waals surface area (Å²) in [6.07, 6.45) is 6.19. The van der Waals surface area contributed by atoms with Crippen LogP contribution >= 0.6 is 0 Å². The Labute approximate surface area is 156 Å². The van der Waals surface area contributed by atoms with Crippen molar-refractivity contribution >= 4 is 16.7 Å². The van der Waals surface area contributed by atoms with Gasteiger partial charge in [-0.2, -0.15) is 5.10 Å². The van der Waals surface area contributed by atoms with Crippen LogP contribution in [-0.2, 0) is 24.3 Å². The quantitative estimate of drug-likeness (QED) is 0.675. The van der Waals surface area contributed by atoms with Crippen molar-refractivity contribution in [3.05, 3.63) is 57.3 Å². The number of fused-ring (bicyclic) bond motifs is 1. The van der Waals surface area contributed by atoms with Gasteiger partial charge in [0.05, 0.1) is 23.3 Å². The summed E-state index contributed by atoms with van der Waals surface area (Å²) < 4.78 is 6.36. The lowest BCUT2D eigenvalue weighted by atomic mass is 10.1. The fourth-order valence-corrected chi connectivity index (χ4v) is 3.00. The van der Waals surface area contributed by atoms with E-state index in [0.717, 1.165) is 17.0 Å². The highest BCUT2D eigenvalue weighted by Crippen LogP contribution is 2.15. The fourth-order valence-electron chi connectivity index (χ4n) is 3.00. The number of rotatable bonds is 6. The second kappa shape index (κ2) is 7.87. The molecular weight excluding hydrogens is 344 g/mol. The molecule has 0 radical (unpaired) electrons. The summed E-state index contributed by atoms with van der Waals surface area (Å²) in [5.41, 5.74) is 2.12. The molecule has 1 amide bonds. The molecule has 7 heteroatoms. The van der Waals surface area contributed by atoms with Crippen molar-refractivity contribution in [2.45, 2.75) is 39.8 Å². The molecule has 2 aromatic heterocycles. The van der Waals surface area contributed by atoms with E-state index in [2.05, 4.69) is 21.5 Å². The molecule has 138 valence electrons. The van der Waals surface area contributed by atoms with Crippen LogP contribution in [0.3, 0.4) is 0 Å². The van der Waals surface area contributed by atoms with Crippen LogP contribution in [0.4, 0.5) is 0 Å². The summed E-state index contributed by atoms with van der Waals surface area (Å²) in [7, 11) is 0. The third-order valence-corrected chi connectivity index (χ3v) is 4.42. The number of terminal acetylenes is 1. The minimum absolute atomic E-state index is 0.0800. The zero-order chi connectivity index (χ0) is 19.4. The zero-order valence-electron chi connectivity index (χ0n) is 15.3. The normalized spacial score (nSPS) is 10.7. The molecule has 3 rings (SSSR count). The predicted molar refractivity (Wildman–Crippen MR) is 101 cm³/mol. The first-order chi connectivity index (χ1) is 13.0. The maximum Gasteiger partial charge on any atom is 0.275 e. The maximum atomic E-state index is 12.4. The van der Waals surface area contributed by atoms with Crippen molar-refractivity contribution in [2.24, 2.45) is 0 Å². The van der Waals surface area contributed by atoms with E-state index in [9.17, 15) is 9.59 Å². The summed E-state index contributed by atoms with van der Waals surface area (Å²) in [5.74, 6) is 3.04. The van der Waals surface area contributed by atoms with Crippen LogP contribution in [-0.4, -0.2) is 20.8 Å². The van der Waals surface area contributed by atoms with E-state index in [0.29, 0.717) is 29.3 Å². The predicted octanol–water partition coefficient (Wildman–Crippen LogP) is 1.88. The summed E-state index contributed by atoms with van der Waals surface area (Å²) in [6, 6.07) is 7.16. The lowest BCUT2D eigenvalue weighted by Crippen LogP contribution is -2.28. The van der Waals surface area contributed by atoms with Crippen LogP contribution in [0, 0.1) is 26.2 Å². The molecule has 3 aromatic rings. The Morgan fingerprint density at radius 1 is 1.30 bits per heavy atom. The zero-order valence-corrected chi connectivity index (χ0v) is 15.3. The summed E-state index contributed by atoms with van der Waals surface area (Å²) >= 11 is 0. The van der Waals surface area contributed by atoms with Gasteiger partial charge in [0.1, 0.15) is 12.3 Å². The molecule has 0 atom stereocenters. The van der Waals surface area contributed by atoms with E-state index in [1.165, 1.54) is 4.68 Å². The molecule has 1 aromatic carbocycles. The van der Waals surface area contributed by atoms with E-state index < -0.39 is 0 Å². The molecule has 2 heterocycles. The smallest absolute Gasteiger partial charge is 0.275 e. The number of nitrogens with one attached hydrogen (secondary N) is 1. The summed E-state index contributed by atoms with van der Waals surface area (Å²) in [5, 5.41) is 12.3. The van der Waals surface area contributed by atoms with Crippen molar-refractivity contribution in [1.82, 2.24) is 20.3 Å². The van der Waals surface area contributed by atoms with Gasteiger partial charge in [0.2, 0.25) is 5.91 Å². The lowest BCUT2D eigenvalue weighted by molar-refractivity contribution is -0.121. The van der Waals surface area contributed by atoms with Crippen molar-refractivity contribution < 1.29 is 9.32 Å². The van der Waals surface area contributed by atoms with Crippen LogP contribution in [0.2, 0.25) is 0 Å². The molecule has 27 heavy (non-hydrogen) atoms. The number of aromatic nitrogens is 3. The summed E-state index contributed by atoms with van der Waals surface area (Å²) in [6.45, 7) is 3.98. The first kappa shape index (κ1) is 18.4. The van der Waals surface area contributed by atoms with Crippen LogP contribution in [0.25, 0.3) is 10.8 Å². The van der Waals surface area contributed by atoms with Gasteiger partial charge < -0.3 is 9.84 Å². The van der Waals surface area contributed by atoms with Gasteiger partial charge in [-0.3, -0.25) is 9.59 Å². The number of hydrogen-bond acceptors (Lipinski definition) is 5. The Morgan fingerprint density at radius 2 is 2.04 bits per heavy atom. The number of carbonyl (C=O) groups is 1. The molecule has 7 nitrogen and oxygen atoms in total. The fraction of sp³-hybridized carbons (Fsp3) is 0.300. The molecule has 0 saturated heterocycles. The van der Waals surface area contributed by atoms with Gasteiger partial charge in [-0.15, -0.1) is 6.42 Å². The average Bonchev–Trinajstić information content (AvgIpc) is 2.99. The maximum absolute atomic E-state index is 12.4. The number of hydrogen-bond donors (Lipinski definition) is 1. The van der Waals surface area contributed by atoms with Crippen LogP contribution in [0.1, 0.15) is 29.1 Å². The first-order valence-electron chi connectivity index (χ1n) is 8.62. The molecule has 0 aliphatic carbocycles. The largest absolute Gasteiger partial charge is 0.361 e. The molecule has 0 aliphatic heterocycles. The minimum Gasteiger partial charge on any atom is -0.361 e. The monoisotopic (exact) mass is 364 g/mol. The molecule has 0 bridgehead atoms. The van der Waals surface area contributed by atoms with E-state index in [1.54, 1.807) is 12.1 Å². The molecule has 1 N–H and O–H groups in total. The van der Waals surface area contributed by atoms with E-state index in [4.69, 9.17) is 10.9 Å². The van der Waals surface area contributed by atoms with Crippen LogP contribution in [0.5, 0.6) is 0 Å². The van der Waals surface area contributed by atoms with E-state index >= 15 is 0 Å². The minimum atomic E-state index is -0.239. The van der Waals surface area contributed by atoms with Gasteiger partial charge in [-0.1, -0.05) is 29.3 Å². The number of benzene rings is 1. The highest BCUT2D eigenvalue weighted by atomic mass is 16.5. The second-order valence-corrected chi connectivity index (χ2v) is 6.24. The van der Waals surface area contributed by atoms with E-state index in [1.807, 2.05) is 26.0 Å². The third kappa shape index (κ3) is 3.90. The van der Waals surface area contributed by atoms with Crippen molar-refractivity contribution in [3.63, 3.8) is 0 Å². The Kier molecular flexibility index (Phi) is 5.36. The molecule has 0 fully saturated rings. The SMILES string of the molecule is C#CCn1nc(CNC(=O)CCc2c(C)noc2C)c2ccccc2c1=O. The van der Waals surface area contributed by atoms with Crippen molar-refractivity contribution in [2.75, 3.05) is 0 Å². The molecular formula is C20H20N4O3. The van der Waals surface area contributed by atoms with Gasteiger partial charge >= 0.3 is 0 Å². The second-order valence-electron chi connectivity index (χ2n) is 6.24. The Morgan fingerprint density at radius 3 is 2.70 bits per heavy atom. The number of aryl methyl sites for hydroxylation is 2. The number of amides is 1. The number of carbonyl (C=O) groups excluding carboxylic acids is 1. The van der Waals surface area contributed by atoms with Crippen LogP contribution in [0.15, 0.2) is 33.6 Å². The lowest BCUT2D eigenvalue weighted by Gasteiger charge is -2.10. The third-order valence-electron chi connectivity index (χ3n) is 4.42. The Hall–Kier alpha value is -3.40. The molecule has 0 aliphatic rings. The highest BCUT2D eigenvalue weighted by molar-refractivity contribution is 5.84. The summed E-state index contributed by atoms with van der Waals surface area (Å²) in [4.78, 5) is 24.7. The Balaban J connectivity index is 1.74. The van der Waals surface area contributed by atoms with Gasteiger partial charge in [0.15, 0.2) is 0 Å². The van der Waals surface area contributed by atoms with E-state index in [-0.39, 0.29) is 24.6 Å².